The van der Waals surface area contributed by atoms with Crippen LogP contribution in [0.2, 0.25) is 0 Å². The quantitative estimate of drug-likeness (QED) is 0.653. The summed E-state index contributed by atoms with van der Waals surface area (Å²) in [5.41, 5.74) is 0.922. The Morgan fingerprint density at radius 2 is 1.70 bits per heavy atom. The highest BCUT2D eigenvalue weighted by atomic mass is 16.5. The third kappa shape index (κ3) is 4.41. The fourth-order valence-corrected chi connectivity index (χ4v) is 1.88. The molecule has 0 bridgehead atoms. The Kier molecular flexibility index (Phi) is 5.09. The van der Waals surface area contributed by atoms with Crippen LogP contribution < -0.4 is 5.32 Å². The van der Waals surface area contributed by atoms with Crippen LogP contribution in [0.15, 0.2) is 48.5 Å². The lowest BCUT2D eigenvalue weighted by Crippen LogP contribution is -2.14. The average Bonchev–Trinajstić information content (AvgIpc) is 2.53. The number of nitrogens with one attached hydrogen (secondary N) is 1. The van der Waals surface area contributed by atoms with E-state index in [1.165, 1.54) is 31.2 Å². The zero-order valence-electron chi connectivity index (χ0n) is 12.4. The van der Waals surface area contributed by atoms with Gasteiger partial charge in [-0.3, -0.25) is 9.59 Å². The van der Waals surface area contributed by atoms with Gasteiger partial charge in [0.05, 0.1) is 0 Å². The monoisotopic (exact) mass is 313 g/mol. The van der Waals surface area contributed by atoms with E-state index in [9.17, 15) is 19.5 Å². The van der Waals surface area contributed by atoms with Crippen molar-refractivity contribution in [3.63, 3.8) is 0 Å². The topological polar surface area (TPSA) is 92.7 Å². The summed E-state index contributed by atoms with van der Waals surface area (Å²) >= 11 is 0. The Morgan fingerprint density at radius 1 is 1.04 bits per heavy atom. The van der Waals surface area contributed by atoms with Gasteiger partial charge in [0.1, 0.15) is 11.3 Å². The summed E-state index contributed by atoms with van der Waals surface area (Å²) in [7, 11) is 0. The van der Waals surface area contributed by atoms with Crippen molar-refractivity contribution >= 4 is 23.3 Å². The van der Waals surface area contributed by atoms with E-state index in [1.54, 1.807) is 24.3 Å². The van der Waals surface area contributed by atoms with Gasteiger partial charge in [-0.15, -0.1) is 0 Å². The molecule has 0 aliphatic carbocycles. The third-order valence-corrected chi connectivity index (χ3v) is 2.99. The Hall–Kier alpha value is -3.15. The van der Waals surface area contributed by atoms with E-state index in [0.717, 1.165) is 0 Å². The van der Waals surface area contributed by atoms with Crippen LogP contribution in [0.4, 0.5) is 5.69 Å². The van der Waals surface area contributed by atoms with Gasteiger partial charge in [-0.05, 0) is 36.4 Å². The van der Waals surface area contributed by atoms with Crippen molar-refractivity contribution in [1.29, 1.82) is 0 Å². The van der Waals surface area contributed by atoms with Crippen LogP contribution in [-0.4, -0.2) is 29.4 Å². The van der Waals surface area contributed by atoms with Crippen LogP contribution in [0.1, 0.15) is 27.6 Å². The largest absolute Gasteiger partial charge is 0.507 e. The van der Waals surface area contributed by atoms with Crippen molar-refractivity contribution in [1.82, 2.24) is 0 Å². The van der Waals surface area contributed by atoms with E-state index in [2.05, 4.69) is 5.32 Å². The number of hydrogen-bond acceptors (Lipinski definition) is 5. The summed E-state index contributed by atoms with van der Waals surface area (Å²) in [5.74, 6) is -1.57. The molecule has 2 aromatic carbocycles. The van der Waals surface area contributed by atoms with Crippen LogP contribution in [-0.2, 0) is 9.53 Å². The van der Waals surface area contributed by atoms with Gasteiger partial charge in [-0.1, -0.05) is 12.1 Å². The molecule has 0 unspecified atom stereocenters. The standard InChI is InChI=1S/C17H15NO5/c1-11(19)18-13-8-6-12(7-9-13)16(21)10-23-17(22)14-4-2-3-5-15(14)20/h2-9,20H,10H2,1H3,(H,18,19). The Bertz CT molecular complexity index is 737. The van der Waals surface area contributed by atoms with Gasteiger partial charge in [-0.2, -0.15) is 0 Å². The van der Waals surface area contributed by atoms with Gasteiger partial charge in [0, 0.05) is 18.2 Å². The minimum absolute atomic E-state index is 0.00121. The fourth-order valence-electron chi connectivity index (χ4n) is 1.88. The molecule has 2 N–H and O–H groups in total. The van der Waals surface area contributed by atoms with Gasteiger partial charge >= 0.3 is 5.97 Å². The number of hydrogen-bond donors (Lipinski definition) is 2. The van der Waals surface area contributed by atoms with E-state index in [1.807, 2.05) is 0 Å². The lowest BCUT2D eigenvalue weighted by molar-refractivity contribution is -0.114. The average molecular weight is 313 g/mol. The number of anilines is 1. The molecule has 0 spiro atoms. The number of para-hydroxylation sites is 1. The molecule has 1 amide bonds. The van der Waals surface area contributed by atoms with Gasteiger partial charge in [0.2, 0.25) is 5.91 Å². The lowest BCUT2D eigenvalue weighted by Gasteiger charge is -2.06. The number of phenolic OH excluding ortho intramolecular Hbond substituents is 1. The van der Waals surface area contributed by atoms with Crippen molar-refractivity contribution in [2.45, 2.75) is 6.92 Å². The molecule has 23 heavy (non-hydrogen) atoms. The zero-order valence-corrected chi connectivity index (χ0v) is 12.4. The van der Waals surface area contributed by atoms with Crippen molar-refractivity contribution in [2.75, 3.05) is 11.9 Å². The molecule has 0 saturated carbocycles. The number of benzene rings is 2. The molecule has 0 radical (unpaired) electrons. The first-order chi connectivity index (χ1) is 11.0. The van der Waals surface area contributed by atoms with E-state index >= 15 is 0 Å². The third-order valence-electron chi connectivity index (χ3n) is 2.99. The lowest BCUT2D eigenvalue weighted by atomic mass is 10.1. The van der Waals surface area contributed by atoms with Gasteiger partial charge in [0.15, 0.2) is 12.4 Å². The van der Waals surface area contributed by atoms with Crippen LogP contribution >= 0.6 is 0 Å². The number of Topliss-reactive ketones (excluding diaryl/α,β-unsaturated/α-hetero) is 1. The maximum absolute atomic E-state index is 12.0. The van der Waals surface area contributed by atoms with Crippen LogP contribution in [0.5, 0.6) is 5.75 Å². The van der Waals surface area contributed by atoms with Crippen LogP contribution in [0.25, 0.3) is 0 Å². The molecular formula is C17H15NO5. The number of esters is 1. The molecule has 6 nitrogen and oxygen atoms in total. The van der Waals surface area contributed by atoms with Gasteiger partial charge in [0.25, 0.3) is 0 Å². The van der Waals surface area contributed by atoms with Gasteiger partial charge < -0.3 is 15.2 Å². The van der Waals surface area contributed by atoms with Crippen LogP contribution in [0, 0.1) is 0 Å². The molecule has 0 saturated heterocycles. The SMILES string of the molecule is CC(=O)Nc1ccc(C(=O)COC(=O)c2ccccc2O)cc1. The predicted molar refractivity (Wildman–Crippen MR) is 83.5 cm³/mol. The number of carbonyl (C=O) groups is 3. The minimum atomic E-state index is -0.772. The Labute approximate surface area is 132 Å². The number of aromatic hydroxyl groups is 1. The van der Waals surface area contributed by atoms with E-state index in [4.69, 9.17) is 4.74 Å². The smallest absolute Gasteiger partial charge is 0.342 e. The van der Waals surface area contributed by atoms with Crippen LogP contribution in [0.3, 0.4) is 0 Å². The second-order valence-corrected chi connectivity index (χ2v) is 4.77. The maximum atomic E-state index is 12.0. The van der Waals surface area contributed by atoms with E-state index < -0.39 is 12.6 Å². The Balaban J connectivity index is 1.95. The van der Waals surface area contributed by atoms with E-state index in [0.29, 0.717) is 11.3 Å². The molecule has 0 aliphatic heterocycles. The van der Waals surface area contributed by atoms with Crippen molar-refractivity contribution in [2.24, 2.45) is 0 Å². The number of ether oxygens (including phenoxy) is 1. The summed E-state index contributed by atoms with van der Waals surface area (Å²) in [6.45, 7) is 0.949. The normalized spacial score (nSPS) is 9.96. The molecule has 6 heteroatoms. The fraction of sp³-hybridized carbons (Fsp3) is 0.118. The first kappa shape index (κ1) is 16.2. The second-order valence-electron chi connectivity index (χ2n) is 4.77. The maximum Gasteiger partial charge on any atom is 0.342 e. The molecular weight excluding hydrogens is 298 g/mol. The molecule has 0 heterocycles. The molecule has 0 aliphatic rings. The summed E-state index contributed by atoms with van der Waals surface area (Å²) in [4.78, 5) is 34.7. The first-order valence-electron chi connectivity index (χ1n) is 6.83. The number of carbonyl (C=O) groups excluding carboxylic acids is 3. The molecule has 118 valence electrons. The van der Waals surface area contributed by atoms with Crippen molar-refractivity contribution in [3.8, 4) is 5.75 Å². The number of ketones is 1. The molecule has 2 rings (SSSR count). The highest BCUT2D eigenvalue weighted by Gasteiger charge is 2.14. The molecule has 0 aromatic heterocycles. The molecule has 2 aromatic rings. The van der Waals surface area contributed by atoms with E-state index in [-0.39, 0.29) is 23.0 Å². The molecule has 0 fully saturated rings. The summed E-state index contributed by atoms with van der Waals surface area (Å²) in [6.07, 6.45) is 0. The summed E-state index contributed by atoms with van der Waals surface area (Å²) in [6, 6.07) is 12.2. The van der Waals surface area contributed by atoms with Gasteiger partial charge in [-0.25, -0.2) is 4.79 Å². The predicted octanol–water partition coefficient (Wildman–Crippen LogP) is 2.39. The highest BCUT2D eigenvalue weighted by Crippen LogP contribution is 2.17. The zero-order chi connectivity index (χ0) is 16.8. The minimum Gasteiger partial charge on any atom is -0.507 e. The summed E-state index contributed by atoms with van der Waals surface area (Å²) in [5, 5.41) is 12.1. The Morgan fingerprint density at radius 3 is 2.30 bits per heavy atom. The second kappa shape index (κ2) is 7.22. The van der Waals surface area contributed by atoms with Crippen molar-refractivity contribution < 1.29 is 24.2 Å². The highest BCUT2D eigenvalue weighted by molar-refractivity contribution is 6.00. The number of amides is 1. The number of phenols is 1. The first-order valence-corrected chi connectivity index (χ1v) is 6.83. The number of rotatable bonds is 5. The van der Waals surface area contributed by atoms with Crippen molar-refractivity contribution in [3.05, 3.63) is 59.7 Å². The molecule has 0 atom stereocenters. The summed E-state index contributed by atoms with van der Waals surface area (Å²) < 4.78 is 4.90.